The molecule has 0 saturated heterocycles. The number of aromatic nitrogens is 2. The molecule has 0 aliphatic heterocycles. The number of para-hydroxylation sites is 2. The minimum Gasteiger partial charge on any atom is -0.370 e. The van der Waals surface area contributed by atoms with E-state index in [-0.39, 0.29) is 5.91 Å². The SMILES string of the molecule is C[C@@H](CCC(N)=O)Cc1nc2ccccc2[nH]1. The lowest BCUT2D eigenvalue weighted by atomic mass is 10.0. The largest absolute Gasteiger partial charge is 0.370 e. The average Bonchev–Trinajstić information content (AvgIpc) is 2.68. The third-order valence-electron chi connectivity index (χ3n) is 2.86. The Balaban J connectivity index is 2.00. The Morgan fingerprint density at radius 2 is 2.24 bits per heavy atom. The normalized spacial score (nSPS) is 12.8. The van der Waals surface area contributed by atoms with Gasteiger partial charge in [0.15, 0.2) is 0 Å². The van der Waals surface area contributed by atoms with Crippen LogP contribution in [0.4, 0.5) is 0 Å². The summed E-state index contributed by atoms with van der Waals surface area (Å²) < 4.78 is 0. The second-order valence-electron chi connectivity index (χ2n) is 4.51. The average molecular weight is 231 g/mol. The first-order chi connectivity index (χ1) is 8.15. The molecule has 1 aromatic carbocycles. The van der Waals surface area contributed by atoms with Gasteiger partial charge in [-0.2, -0.15) is 0 Å². The molecule has 0 saturated carbocycles. The highest BCUT2D eigenvalue weighted by molar-refractivity contribution is 5.74. The molecule has 1 atom stereocenters. The van der Waals surface area contributed by atoms with Gasteiger partial charge in [-0.1, -0.05) is 19.1 Å². The summed E-state index contributed by atoms with van der Waals surface area (Å²) in [5.41, 5.74) is 7.18. The summed E-state index contributed by atoms with van der Waals surface area (Å²) >= 11 is 0. The summed E-state index contributed by atoms with van der Waals surface area (Å²) in [6.45, 7) is 2.11. The fourth-order valence-electron chi connectivity index (χ4n) is 1.92. The van der Waals surface area contributed by atoms with Crippen molar-refractivity contribution in [3.8, 4) is 0 Å². The number of carbonyl (C=O) groups excluding carboxylic acids is 1. The van der Waals surface area contributed by atoms with Gasteiger partial charge in [-0.15, -0.1) is 0 Å². The second kappa shape index (κ2) is 4.99. The fraction of sp³-hybridized carbons (Fsp3) is 0.385. The molecule has 0 unspecified atom stereocenters. The number of nitrogens with two attached hydrogens (primary N) is 1. The molecule has 1 amide bonds. The monoisotopic (exact) mass is 231 g/mol. The molecule has 0 aliphatic rings. The minimum atomic E-state index is -0.235. The summed E-state index contributed by atoms with van der Waals surface area (Å²) in [5.74, 6) is 1.15. The number of imidazole rings is 1. The van der Waals surface area contributed by atoms with Gasteiger partial charge in [0, 0.05) is 12.8 Å². The van der Waals surface area contributed by atoms with Crippen molar-refractivity contribution >= 4 is 16.9 Å². The number of amides is 1. The zero-order valence-corrected chi connectivity index (χ0v) is 9.94. The van der Waals surface area contributed by atoms with Crippen LogP contribution in [0, 0.1) is 5.92 Å². The van der Waals surface area contributed by atoms with Gasteiger partial charge in [0.1, 0.15) is 5.82 Å². The van der Waals surface area contributed by atoms with Crippen molar-refractivity contribution in [3.63, 3.8) is 0 Å². The number of nitrogens with zero attached hydrogens (tertiary/aromatic N) is 1. The summed E-state index contributed by atoms with van der Waals surface area (Å²) in [5, 5.41) is 0. The first-order valence-corrected chi connectivity index (χ1v) is 5.87. The molecule has 0 bridgehead atoms. The number of hydrogen-bond acceptors (Lipinski definition) is 2. The Labute approximate surface area is 100 Å². The Morgan fingerprint density at radius 1 is 1.47 bits per heavy atom. The Morgan fingerprint density at radius 3 is 2.94 bits per heavy atom. The molecule has 4 nitrogen and oxygen atoms in total. The molecule has 2 rings (SSSR count). The van der Waals surface area contributed by atoms with Crippen LogP contribution in [0.2, 0.25) is 0 Å². The van der Waals surface area contributed by atoms with Crippen molar-refractivity contribution in [1.29, 1.82) is 0 Å². The minimum absolute atomic E-state index is 0.235. The van der Waals surface area contributed by atoms with Crippen molar-refractivity contribution in [2.24, 2.45) is 11.7 Å². The molecule has 4 heteroatoms. The number of benzene rings is 1. The van der Waals surface area contributed by atoms with Crippen molar-refractivity contribution in [2.75, 3.05) is 0 Å². The molecule has 1 aromatic heterocycles. The van der Waals surface area contributed by atoms with E-state index < -0.39 is 0 Å². The van der Waals surface area contributed by atoms with E-state index in [0.717, 1.165) is 29.7 Å². The highest BCUT2D eigenvalue weighted by Crippen LogP contribution is 2.15. The molecule has 1 heterocycles. The molecule has 3 N–H and O–H groups in total. The van der Waals surface area contributed by atoms with Gasteiger partial charge in [0.25, 0.3) is 0 Å². The highest BCUT2D eigenvalue weighted by Gasteiger charge is 2.08. The van der Waals surface area contributed by atoms with Crippen molar-refractivity contribution in [2.45, 2.75) is 26.2 Å². The molecule has 0 aliphatic carbocycles. The maximum atomic E-state index is 10.7. The number of fused-ring (bicyclic) bond motifs is 1. The van der Waals surface area contributed by atoms with Gasteiger partial charge in [0.2, 0.25) is 5.91 Å². The smallest absolute Gasteiger partial charge is 0.217 e. The standard InChI is InChI=1S/C13H17N3O/c1-9(6-7-12(14)17)8-13-15-10-4-2-3-5-11(10)16-13/h2-5,9H,6-8H2,1H3,(H2,14,17)(H,15,16)/t9-/m0/s1. The lowest BCUT2D eigenvalue weighted by Crippen LogP contribution is -2.12. The summed E-state index contributed by atoms with van der Waals surface area (Å²) in [6.07, 6.45) is 2.11. The Kier molecular flexibility index (Phi) is 3.42. The van der Waals surface area contributed by atoms with Gasteiger partial charge in [-0.3, -0.25) is 4.79 Å². The molecule has 2 aromatic rings. The van der Waals surface area contributed by atoms with E-state index in [4.69, 9.17) is 5.73 Å². The Bertz CT molecular complexity index is 485. The van der Waals surface area contributed by atoms with Crippen LogP contribution < -0.4 is 5.73 Å². The van der Waals surface area contributed by atoms with E-state index >= 15 is 0 Å². The van der Waals surface area contributed by atoms with Crippen LogP contribution in [0.1, 0.15) is 25.6 Å². The number of primary amides is 1. The topological polar surface area (TPSA) is 71.8 Å². The van der Waals surface area contributed by atoms with E-state index in [1.54, 1.807) is 0 Å². The first-order valence-electron chi connectivity index (χ1n) is 5.87. The third-order valence-corrected chi connectivity index (χ3v) is 2.86. The van der Waals surface area contributed by atoms with Gasteiger partial charge < -0.3 is 10.7 Å². The number of rotatable bonds is 5. The maximum absolute atomic E-state index is 10.7. The number of H-pyrrole nitrogens is 1. The lowest BCUT2D eigenvalue weighted by molar-refractivity contribution is -0.118. The van der Waals surface area contributed by atoms with E-state index in [0.29, 0.717) is 12.3 Å². The molecular formula is C13H17N3O. The zero-order valence-electron chi connectivity index (χ0n) is 9.94. The van der Waals surface area contributed by atoms with Crippen molar-refractivity contribution in [1.82, 2.24) is 9.97 Å². The van der Waals surface area contributed by atoms with E-state index in [9.17, 15) is 4.79 Å². The quantitative estimate of drug-likeness (QED) is 0.826. The van der Waals surface area contributed by atoms with Crippen LogP contribution in [-0.4, -0.2) is 15.9 Å². The molecule has 17 heavy (non-hydrogen) atoms. The van der Waals surface area contributed by atoms with Gasteiger partial charge >= 0.3 is 0 Å². The van der Waals surface area contributed by atoms with Crippen LogP contribution in [0.25, 0.3) is 11.0 Å². The van der Waals surface area contributed by atoms with Gasteiger partial charge in [-0.05, 0) is 24.5 Å². The summed E-state index contributed by atoms with van der Waals surface area (Å²) in [7, 11) is 0. The fourth-order valence-corrected chi connectivity index (χ4v) is 1.92. The van der Waals surface area contributed by atoms with Crippen LogP contribution in [-0.2, 0) is 11.2 Å². The van der Waals surface area contributed by atoms with Crippen molar-refractivity contribution < 1.29 is 4.79 Å². The van der Waals surface area contributed by atoms with Crippen molar-refractivity contribution in [3.05, 3.63) is 30.1 Å². The molecule has 0 radical (unpaired) electrons. The van der Waals surface area contributed by atoms with Gasteiger partial charge in [0.05, 0.1) is 11.0 Å². The van der Waals surface area contributed by atoms with E-state index in [1.165, 1.54) is 0 Å². The molecule has 0 spiro atoms. The lowest BCUT2D eigenvalue weighted by Gasteiger charge is -2.07. The summed E-state index contributed by atoms with van der Waals surface area (Å²) in [4.78, 5) is 18.5. The molecule has 0 fully saturated rings. The Hall–Kier alpha value is -1.84. The number of nitrogens with one attached hydrogen (secondary N) is 1. The maximum Gasteiger partial charge on any atom is 0.217 e. The third kappa shape index (κ3) is 3.06. The molecular weight excluding hydrogens is 214 g/mol. The van der Waals surface area contributed by atoms with Crippen LogP contribution in [0.5, 0.6) is 0 Å². The van der Waals surface area contributed by atoms with E-state index in [2.05, 4.69) is 16.9 Å². The highest BCUT2D eigenvalue weighted by atomic mass is 16.1. The van der Waals surface area contributed by atoms with Crippen LogP contribution >= 0.6 is 0 Å². The zero-order chi connectivity index (χ0) is 12.3. The number of hydrogen-bond donors (Lipinski definition) is 2. The predicted molar refractivity (Wildman–Crippen MR) is 67.4 cm³/mol. The van der Waals surface area contributed by atoms with E-state index in [1.807, 2.05) is 24.3 Å². The first kappa shape index (κ1) is 11.6. The second-order valence-corrected chi connectivity index (χ2v) is 4.51. The summed E-state index contributed by atoms with van der Waals surface area (Å²) in [6, 6.07) is 7.97. The van der Waals surface area contributed by atoms with Crippen LogP contribution in [0.15, 0.2) is 24.3 Å². The number of carbonyl (C=O) groups is 1. The van der Waals surface area contributed by atoms with Gasteiger partial charge in [-0.25, -0.2) is 4.98 Å². The molecule has 90 valence electrons. The predicted octanol–water partition coefficient (Wildman–Crippen LogP) is 2.01. The van der Waals surface area contributed by atoms with Crippen LogP contribution in [0.3, 0.4) is 0 Å². The number of aromatic amines is 1.